The fourth-order valence-electron chi connectivity index (χ4n) is 1.44. The molecule has 0 aliphatic rings. The summed E-state index contributed by atoms with van der Waals surface area (Å²) in [5, 5.41) is 6.61. The Morgan fingerprint density at radius 3 is 2.05 bits per heavy atom. The van der Waals surface area contributed by atoms with Crippen molar-refractivity contribution in [2.45, 2.75) is 0 Å². The number of hydrogen-bond acceptors (Lipinski definition) is 1. The van der Waals surface area contributed by atoms with Crippen LogP contribution in [0, 0.1) is 11.6 Å². The summed E-state index contributed by atoms with van der Waals surface area (Å²) < 4.78 is 25.8. The Balaban J connectivity index is 2.04. The molecule has 2 nitrogen and oxygen atoms in total. The molecule has 0 spiro atoms. The lowest BCUT2D eigenvalue weighted by Crippen LogP contribution is -2.19. The maximum atomic E-state index is 13.0. The topological polar surface area (TPSA) is 24.1 Å². The second-order valence-corrected chi connectivity index (χ2v) is 5.06. The summed E-state index contributed by atoms with van der Waals surface area (Å²) in [7, 11) is 0. The monoisotopic (exact) mass is 332 g/mol. The van der Waals surface area contributed by atoms with E-state index in [4.69, 9.17) is 35.4 Å². The molecule has 0 amide bonds. The third-order valence-electron chi connectivity index (χ3n) is 2.35. The van der Waals surface area contributed by atoms with Crippen molar-refractivity contribution in [1.82, 2.24) is 0 Å². The number of thiocarbonyl (C=S) groups is 1. The van der Waals surface area contributed by atoms with Crippen molar-refractivity contribution in [2.75, 3.05) is 10.6 Å². The van der Waals surface area contributed by atoms with Gasteiger partial charge in [-0.05, 0) is 42.5 Å². The molecule has 104 valence electrons. The molecule has 2 rings (SSSR count). The summed E-state index contributed by atoms with van der Waals surface area (Å²) in [5.74, 6) is -1.87. The number of halogens is 4. The number of hydrogen-bond donors (Lipinski definition) is 2. The summed E-state index contributed by atoms with van der Waals surface area (Å²) in [6.07, 6.45) is 0. The molecule has 20 heavy (non-hydrogen) atoms. The Labute approximate surface area is 129 Å². The SMILES string of the molecule is Fc1ccc(NC(=S)Nc2ccc(Cl)c(Cl)c2)cc1F. The first-order valence-corrected chi connectivity index (χ1v) is 6.60. The van der Waals surface area contributed by atoms with Gasteiger partial charge in [-0.1, -0.05) is 23.2 Å². The smallest absolute Gasteiger partial charge is 0.175 e. The molecule has 7 heteroatoms. The van der Waals surface area contributed by atoms with E-state index in [-0.39, 0.29) is 5.11 Å². The predicted molar refractivity (Wildman–Crippen MR) is 82.7 cm³/mol. The van der Waals surface area contributed by atoms with Crippen molar-refractivity contribution >= 4 is 51.9 Å². The van der Waals surface area contributed by atoms with Crippen LogP contribution in [0.4, 0.5) is 20.2 Å². The van der Waals surface area contributed by atoms with Gasteiger partial charge >= 0.3 is 0 Å². The molecule has 0 heterocycles. The van der Waals surface area contributed by atoms with Gasteiger partial charge in [0.2, 0.25) is 0 Å². The largest absolute Gasteiger partial charge is 0.332 e. The normalized spacial score (nSPS) is 10.2. The maximum absolute atomic E-state index is 13.0. The second kappa shape index (κ2) is 6.35. The fourth-order valence-corrected chi connectivity index (χ4v) is 1.98. The fraction of sp³-hybridized carbons (Fsp3) is 0. The van der Waals surface area contributed by atoms with Crippen LogP contribution in [-0.2, 0) is 0 Å². The van der Waals surface area contributed by atoms with E-state index in [1.165, 1.54) is 6.07 Å². The van der Waals surface area contributed by atoms with E-state index in [1.54, 1.807) is 18.2 Å². The third kappa shape index (κ3) is 3.79. The van der Waals surface area contributed by atoms with E-state index >= 15 is 0 Å². The van der Waals surface area contributed by atoms with Crippen LogP contribution in [0.1, 0.15) is 0 Å². The van der Waals surface area contributed by atoms with Gasteiger partial charge in [-0.15, -0.1) is 0 Å². The van der Waals surface area contributed by atoms with E-state index in [0.717, 1.165) is 12.1 Å². The molecule has 0 aliphatic carbocycles. The van der Waals surface area contributed by atoms with Crippen LogP contribution < -0.4 is 10.6 Å². The van der Waals surface area contributed by atoms with Crippen molar-refractivity contribution in [3.05, 3.63) is 58.1 Å². The molecular weight excluding hydrogens is 325 g/mol. The molecule has 2 aromatic rings. The predicted octanol–water partition coefficient (Wildman–Crippen LogP) is 5.08. The number of benzene rings is 2. The lowest BCUT2D eigenvalue weighted by atomic mass is 10.3. The van der Waals surface area contributed by atoms with E-state index in [0.29, 0.717) is 21.4 Å². The molecule has 2 aromatic carbocycles. The second-order valence-electron chi connectivity index (χ2n) is 3.84. The minimum absolute atomic E-state index is 0.217. The molecular formula is C13H8Cl2F2N2S. The molecule has 0 bridgehead atoms. The Morgan fingerprint density at radius 1 is 0.850 bits per heavy atom. The molecule has 0 fully saturated rings. The van der Waals surface area contributed by atoms with Crippen molar-refractivity contribution in [3.8, 4) is 0 Å². The minimum atomic E-state index is -0.952. The van der Waals surface area contributed by atoms with Crippen molar-refractivity contribution < 1.29 is 8.78 Å². The number of rotatable bonds is 2. The Bertz CT molecular complexity index is 609. The van der Waals surface area contributed by atoms with Gasteiger partial charge in [-0.2, -0.15) is 0 Å². The zero-order valence-electron chi connectivity index (χ0n) is 9.88. The summed E-state index contributed by atoms with van der Waals surface area (Å²) in [4.78, 5) is 0. The van der Waals surface area contributed by atoms with Crippen LogP contribution in [0.15, 0.2) is 36.4 Å². The summed E-state index contributed by atoms with van der Waals surface area (Å²) in [5.41, 5.74) is 0.959. The zero-order chi connectivity index (χ0) is 14.7. The van der Waals surface area contributed by atoms with Gasteiger partial charge < -0.3 is 10.6 Å². The average molecular weight is 333 g/mol. The first kappa shape index (κ1) is 15.0. The van der Waals surface area contributed by atoms with Gasteiger partial charge in [0.1, 0.15) is 0 Å². The molecule has 0 unspecified atom stereocenters. The van der Waals surface area contributed by atoms with Crippen LogP contribution >= 0.6 is 35.4 Å². The quantitative estimate of drug-likeness (QED) is 0.750. The van der Waals surface area contributed by atoms with Gasteiger partial charge in [0, 0.05) is 17.4 Å². The molecule has 0 aromatic heterocycles. The highest BCUT2D eigenvalue weighted by molar-refractivity contribution is 7.80. The van der Waals surface area contributed by atoms with E-state index in [9.17, 15) is 8.78 Å². The number of nitrogens with one attached hydrogen (secondary N) is 2. The Morgan fingerprint density at radius 2 is 1.45 bits per heavy atom. The molecule has 2 N–H and O–H groups in total. The molecule has 0 aliphatic heterocycles. The van der Waals surface area contributed by atoms with Crippen molar-refractivity contribution in [2.24, 2.45) is 0 Å². The Hall–Kier alpha value is -1.43. The first-order chi connectivity index (χ1) is 9.45. The van der Waals surface area contributed by atoms with Gasteiger partial charge in [0.15, 0.2) is 16.7 Å². The van der Waals surface area contributed by atoms with E-state index < -0.39 is 11.6 Å². The lowest BCUT2D eigenvalue weighted by molar-refractivity contribution is 0.509. The third-order valence-corrected chi connectivity index (χ3v) is 3.30. The minimum Gasteiger partial charge on any atom is -0.332 e. The summed E-state index contributed by atoms with van der Waals surface area (Å²) in [6.45, 7) is 0. The summed E-state index contributed by atoms with van der Waals surface area (Å²) in [6, 6.07) is 8.31. The highest BCUT2D eigenvalue weighted by atomic mass is 35.5. The molecule has 0 saturated heterocycles. The number of anilines is 2. The average Bonchev–Trinajstić information content (AvgIpc) is 2.38. The first-order valence-electron chi connectivity index (χ1n) is 5.44. The highest BCUT2D eigenvalue weighted by Crippen LogP contribution is 2.25. The van der Waals surface area contributed by atoms with Gasteiger partial charge in [-0.3, -0.25) is 0 Å². The standard InChI is InChI=1S/C13H8Cl2F2N2S/c14-9-3-1-7(5-10(9)15)18-13(20)19-8-2-4-11(16)12(17)6-8/h1-6H,(H2,18,19,20). The lowest BCUT2D eigenvalue weighted by Gasteiger charge is -2.11. The van der Waals surface area contributed by atoms with E-state index in [1.807, 2.05) is 0 Å². The van der Waals surface area contributed by atoms with Crippen LogP contribution in [0.2, 0.25) is 10.0 Å². The summed E-state index contributed by atoms with van der Waals surface area (Å²) >= 11 is 16.7. The van der Waals surface area contributed by atoms with Gasteiger partial charge in [-0.25, -0.2) is 8.78 Å². The van der Waals surface area contributed by atoms with Crippen molar-refractivity contribution in [3.63, 3.8) is 0 Å². The maximum Gasteiger partial charge on any atom is 0.175 e. The van der Waals surface area contributed by atoms with Crippen LogP contribution in [0.3, 0.4) is 0 Å². The van der Waals surface area contributed by atoms with Gasteiger partial charge in [0.25, 0.3) is 0 Å². The zero-order valence-corrected chi connectivity index (χ0v) is 12.2. The van der Waals surface area contributed by atoms with Crippen LogP contribution in [-0.4, -0.2) is 5.11 Å². The van der Waals surface area contributed by atoms with Crippen LogP contribution in [0.25, 0.3) is 0 Å². The highest BCUT2D eigenvalue weighted by Gasteiger charge is 2.05. The van der Waals surface area contributed by atoms with E-state index in [2.05, 4.69) is 10.6 Å². The van der Waals surface area contributed by atoms with Crippen molar-refractivity contribution in [1.29, 1.82) is 0 Å². The van der Waals surface area contributed by atoms with Gasteiger partial charge in [0.05, 0.1) is 10.0 Å². The van der Waals surface area contributed by atoms with Crippen LogP contribution in [0.5, 0.6) is 0 Å². The molecule has 0 saturated carbocycles. The molecule has 0 atom stereocenters. The molecule has 0 radical (unpaired) electrons. The Kier molecular flexibility index (Phi) is 4.75.